The molecule has 1 aliphatic carbocycles. The number of aryl methyl sites for hydroxylation is 1. The number of aromatic nitrogens is 2. The van der Waals surface area contributed by atoms with Crippen molar-refractivity contribution in [3.63, 3.8) is 0 Å². The number of hydrogen-bond donors (Lipinski definition) is 2. The summed E-state index contributed by atoms with van der Waals surface area (Å²) in [5, 5.41) is 6.65. The van der Waals surface area contributed by atoms with E-state index in [0.29, 0.717) is 12.0 Å². The van der Waals surface area contributed by atoms with Crippen molar-refractivity contribution in [1.82, 2.24) is 9.97 Å². The number of anilines is 2. The molecule has 0 spiro atoms. The first-order valence-corrected chi connectivity index (χ1v) is 6.88. The predicted molar refractivity (Wildman–Crippen MR) is 75.9 cm³/mol. The Bertz CT molecular complexity index is 405. The second-order valence-corrected chi connectivity index (χ2v) is 5.58. The molecule has 1 aromatic heterocycles. The van der Waals surface area contributed by atoms with Crippen molar-refractivity contribution in [2.24, 2.45) is 11.8 Å². The van der Waals surface area contributed by atoms with E-state index in [4.69, 9.17) is 0 Å². The molecule has 1 fully saturated rings. The molecule has 4 nitrogen and oxygen atoms in total. The Morgan fingerprint density at radius 1 is 1.17 bits per heavy atom. The Morgan fingerprint density at radius 2 is 1.89 bits per heavy atom. The maximum Gasteiger partial charge on any atom is 0.132 e. The molecule has 1 aliphatic rings. The van der Waals surface area contributed by atoms with Gasteiger partial charge in [-0.05, 0) is 38.0 Å². The van der Waals surface area contributed by atoms with Gasteiger partial charge in [0.2, 0.25) is 0 Å². The van der Waals surface area contributed by atoms with Crippen molar-refractivity contribution >= 4 is 11.6 Å². The van der Waals surface area contributed by atoms with Gasteiger partial charge in [0.1, 0.15) is 17.5 Å². The molecule has 0 aliphatic heterocycles. The minimum Gasteiger partial charge on any atom is -0.373 e. The highest BCUT2D eigenvalue weighted by molar-refractivity contribution is 5.47. The predicted octanol–water partition coefficient (Wildman–Crippen LogP) is 3.06. The molecule has 18 heavy (non-hydrogen) atoms. The molecular formula is C14H24N4. The van der Waals surface area contributed by atoms with Gasteiger partial charge in [-0.1, -0.05) is 13.8 Å². The fourth-order valence-electron chi connectivity index (χ4n) is 2.84. The van der Waals surface area contributed by atoms with Gasteiger partial charge in [-0.2, -0.15) is 0 Å². The minimum absolute atomic E-state index is 0.542. The third-order valence-electron chi connectivity index (χ3n) is 3.86. The number of hydrogen-bond acceptors (Lipinski definition) is 4. The maximum atomic E-state index is 4.47. The summed E-state index contributed by atoms with van der Waals surface area (Å²) in [6.07, 6.45) is 3.85. The van der Waals surface area contributed by atoms with Crippen LogP contribution >= 0.6 is 0 Å². The van der Waals surface area contributed by atoms with Crippen LogP contribution in [0.4, 0.5) is 11.6 Å². The van der Waals surface area contributed by atoms with Gasteiger partial charge < -0.3 is 10.6 Å². The van der Waals surface area contributed by atoms with E-state index >= 15 is 0 Å². The Balaban J connectivity index is 2.06. The van der Waals surface area contributed by atoms with Gasteiger partial charge in [-0.15, -0.1) is 0 Å². The first-order valence-electron chi connectivity index (χ1n) is 6.88. The summed E-state index contributed by atoms with van der Waals surface area (Å²) in [7, 11) is 1.89. The Kier molecular flexibility index (Phi) is 4.04. The number of nitrogens with one attached hydrogen (secondary N) is 2. The molecular weight excluding hydrogens is 224 g/mol. The van der Waals surface area contributed by atoms with Crippen LogP contribution in [-0.4, -0.2) is 23.1 Å². The summed E-state index contributed by atoms with van der Waals surface area (Å²) < 4.78 is 0. The molecule has 0 radical (unpaired) electrons. The average molecular weight is 248 g/mol. The SMILES string of the molecule is CNc1cc(NC2CCC(C)CC2C)nc(C)n1. The van der Waals surface area contributed by atoms with Crippen molar-refractivity contribution in [2.75, 3.05) is 17.7 Å². The molecule has 1 heterocycles. The van der Waals surface area contributed by atoms with E-state index in [9.17, 15) is 0 Å². The van der Waals surface area contributed by atoms with Crippen molar-refractivity contribution in [2.45, 2.75) is 46.1 Å². The topological polar surface area (TPSA) is 49.8 Å². The van der Waals surface area contributed by atoms with Gasteiger partial charge in [-0.25, -0.2) is 9.97 Å². The van der Waals surface area contributed by atoms with Gasteiger partial charge in [0.05, 0.1) is 0 Å². The van der Waals surface area contributed by atoms with Gasteiger partial charge in [-0.3, -0.25) is 0 Å². The molecule has 0 bridgehead atoms. The highest BCUT2D eigenvalue weighted by Crippen LogP contribution is 2.30. The van der Waals surface area contributed by atoms with Crippen LogP contribution in [0.15, 0.2) is 6.07 Å². The standard InChI is InChI=1S/C14H24N4/c1-9-5-6-12(10(2)7-9)18-14-8-13(15-4)16-11(3)17-14/h8-10,12H,5-7H2,1-4H3,(H2,15,16,17,18). The highest BCUT2D eigenvalue weighted by Gasteiger charge is 2.25. The maximum absolute atomic E-state index is 4.47. The van der Waals surface area contributed by atoms with Crippen LogP contribution in [0.5, 0.6) is 0 Å². The molecule has 1 aromatic rings. The van der Waals surface area contributed by atoms with Gasteiger partial charge in [0.25, 0.3) is 0 Å². The molecule has 0 amide bonds. The van der Waals surface area contributed by atoms with Crippen LogP contribution < -0.4 is 10.6 Å². The van der Waals surface area contributed by atoms with Crippen molar-refractivity contribution in [3.8, 4) is 0 Å². The first kappa shape index (κ1) is 13.1. The van der Waals surface area contributed by atoms with Crippen LogP contribution in [0.3, 0.4) is 0 Å². The molecule has 2 rings (SSSR count). The molecule has 4 heteroatoms. The van der Waals surface area contributed by atoms with Gasteiger partial charge in [0.15, 0.2) is 0 Å². The van der Waals surface area contributed by atoms with E-state index in [1.807, 2.05) is 20.0 Å². The summed E-state index contributed by atoms with van der Waals surface area (Å²) in [6.45, 7) is 6.61. The monoisotopic (exact) mass is 248 g/mol. The number of rotatable bonds is 3. The summed E-state index contributed by atoms with van der Waals surface area (Å²) in [4.78, 5) is 8.78. The van der Waals surface area contributed by atoms with Crippen molar-refractivity contribution in [1.29, 1.82) is 0 Å². The van der Waals surface area contributed by atoms with Crippen LogP contribution in [0.25, 0.3) is 0 Å². The molecule has 2 N–H and O–H groups in total. The Labute approximate surface area is 110 Å². The largest absolute Gasteiger partial charge is 0.373 e. The quantitative estimate of drug-likeness (QED) is 0.863. The highest BCUT2D eigenvalue weighted by atomic mass is 15.1. The first-order chi connectivity index (χ1) is 8.58. The molecule has 3 unspecified atom stereocenters. The van der Waals surface area contributed by atoms with Gasteiger partial charge in [0, 0.05) is 19.2 Å². The molecule has 100 valence electrons. The van der Waals surface area contributed by atoms with Crippen LogP contribution in [0, 0.1) is 18.8 Å². The zero-order chi connectivity index (χ0) is 13.1. The van der Waals surface area contributed by atoms with E-state index in [1.165, 1.54) is 19.3 Å². The van der Waals surface area contributed by atoms with E-state index < -0.39 is 0 Å². The fourth-order valence-corrected chi connectivity index (χ4v) is 2.84. The minimum atomic E-state index is 0.542. The lowest BCUT2D eigenvalue weighted by Gasteiger charge is -2.33. The van der Waals surface area contributed by atoms with Crippen molar-refractivity contribution in [3.05, 3.63) is 11.9 Å². The fraction of sp³-hybridized carbons (Fsp3) is 0.714. The number of nitrogens with zero attached hydrogens (tertiary/aromatic N) is 2. The van der Waals surface area contributed by atoms with E-state index in [-0.39, 0.29) is 0 Å². The van der Waals surface area contributed by atoms with E-state index in [1.54, 1.807) is 0 Å². The van der Waals surface area contributed by atoms with E-state index in [0.717, 1.165) is 23.4 Å². The molecule has 0 aromatic carbocycles. The van der Waals surface area contributed by atoms with Gasteiger partial charge >= 0.3 is 0 Å². The second kappa shape index (κ2) is 5.55. The third kappa shape index (κ3) is 3.12. The lowest BCUT2D eigenvalue weighted by atomic mass is 9.80. The Morgan fingerprint density at radius 3 is 2.56 bits per heavy atom. The van der Waals surface area contributed by atoms with Crippen LogP contribution in [-0.2, 0) is 0 Å². The smallest absolute Gasteiger partial charge is 0.132 e. The zero-order valence-electron chi connectivity index (χ0n) is 11.8. The van der Waals surface area contributed by atoms with E-state index in [2.05, 4.69) is 34.4 Å². The normalized spacial score (nSPS) is 27.9. The molecule has 0 saturated heterocycles. The summed E-state index contributed by atoms with van der Waals surface area (Å²) in [6, 6.07) is 2.53. The second-order valence-electron chi connectivity index (χ2n) is 5.58. The summed E-state index contributed by atoms with van der Waals surface area (Å²) >= 11 is 0. The molecule has 3 atom stereocenters. The summed E-state index contributed by atoms with van der Waals surface area (Å²) in [5.74, 6) is 4.20. The Hall–Kier alpha value is -1.32. The van der Waals surface area contributed by atoms with Crippen LogP contribution in [0.2, 0.25) is 0 Å². The summed E-state index contributed by atoms with van der Waals surface area (Å²) in [5.41, 5.74) is 0. The lowest BCUT2D eigenvalue weighted by Crippen LogP contribution is -2.33. The molecule has 1 saturated carbocycles. The van der Waals surface area contributed by atoms with Crippen molar-refractivity contribution < 1.29 is 0 Å². The third-order valence-corrected chi connectivity index (χ3v) is 3.86. The zero-order valence-corrected chi connectivity index (χ0v) is 11.8. The van der Waals surface area contributed by atoms with Crippen LogP contribution in [0.1, 0.15) is 38.9 Å². The lowest BCUT2D eigenvalue weighted by molar-refractivity contribution is 0.276. The average Bonchev–Trinajstić information content (AvgIpc) is 2.32.